The van der Waals surface area contributed by atoms with Gasteiger partial charge < -0.3 is 13.9 Å². The van der Waals surface area contributed by atoms with Crippen LogP contribution in [0.5, 0.6) is 11.5 Å². The number of aromatic nitrogens is 1. The molecule has 0 aliphatic rings. The van der Waals surface area contributed by atoms with Gasteiger partial charge in [0, 0.05) is 11.6 Å². The van der Waals surface area contributed by atoms with Gasteiger partial charge in [0.15, 0.2) is 5.13 Å². The van der Waals surface area contributed by atoms with Gasteiger partial charge >= 0.3 is 0 Å². The molecule has 0 radical (unpaired) electrons. The van der Waals surface area contributed by atoms with E-state index in [2.05, 4.69) is 13.0 Å². The van der Waals surface area contributed by atoms with E-state index in [1.165, 1.54) is 16.9 Å². The van der Waals surface area contributed by atoms with Crippen molar-refractivity contribution in [3.8, 4) is 11.5 Å². The summed E-state index contributed by atoms with van der Waals surface area (Å²) in [6.45, 7) is 4.37. The third-order valence-electron chi connectivity index (χ3n) is 5.04. The van der Waals surface area contributed by atoms with Gasteiger partial charge in [0.05, 0.1) is 37.2 Å². The second kappa shape index (κ2) is 8.20. The first-order chi connectivity index (χ1) is 14.5. The van der Waals surface area contributed by atoms with Crippen LogP contribution >= 0.6 is 11.3 Å². The van der Waals surface area contributed by atoms with Crippen molar-refractivity contribution in [3.05, 3.63) is 71.2 Å². The minimum atomic E-state index is -0.211. The quantitative estimate of drug-likeness (QED) is 0.418. The maximum Gasteiger partial charge on any atom is 0.260 e. The lowest BCUT2D eigenvalue weighted by Crippen LogP contribution is -2.30. The van der Waals surface area contributed by atoms with Crippen LogP contribution in [-0.2, 0) is 6.54 Å². The zero-order chi connectivity index (χ0) is 21.3. The van der Waals surface area contributed by atoms with Gasteiger partial charge in [-0.2, -0.15) is 0 Å². The number of nitrogens with zero attached hydrogens (tertiary/aromatic N) is 2. The van der Waals surface area contributed by atoms with Gasteiger partial charge in [-0.3, -0.25) is 9.69 Å². The molecule has 2 heterocycles. The Bertz CT molecular complexity index is 1180. The van der Waals surface area contributed by atoms with Gasteiger partial charge in [0.2, 0.25) is 0 Å². The van der Waals surface area contributed by atoms with Crippen LogP contribution < -0.4 is 14.4 Å². The molecule has 7 heteroatoms. The maximum absolute atomic E-state index is 13.6. The molecule has 6 nitrogen and oxygen atoms in total. The molecule has 4 aromatic rings. The number of hydrogen-bond donors (Lipinski definition) is 0. The molecule has 2 aromatic heterocycles. The average Bonchev–Trinajstić information content (AvgIpc) is 3.43. The normalized spacial score (nSPS) is 10.9. The van der Waals surface area contributed by atoms with E-state index in [9.17, 15) is 4.79 Å². The van der Waals surface area contributed by atoms with Gasteiger partial charge in [0.1, 0.15) is 17.3 Å². The van der Waals surface area contributed by atoms with E-state index < -0.39 is 0 Å². The molecule has 0 N–H and O–H groups in total. The molecule has 0 fully saturated rings. The number of thiazole rings is 1. The first-order valence-electron chi connectivity index (χ1n) is 9.44. The highest BCUT2D eigenvalue weighted by molar-refractivity contribution is 7.22. The Morgan fingerprint density at radius 2 is 1.83 bits per heavy atom. The molecule has 0 aliphatic heterocycles. The zero-order valence-corrected chi connectivity index (χ0v) is 18.1. The van der Waals surface area contributed by atoms with Crippen LogP contribution in [0.15, 0.2) is 53.1 Å². The largest absolute Gasteiger partial charge is 0.497 e. The van der Waals surface area contributed by atoms with E-state index in [-0.39, 0.29) is 12.5 Å². The number of rotatable bonds is 6. The number of carbonyl (C=O) groups excluding carboxylic acids is 1. The highest BCUT2D eigenvalue weighted by Crippen LogP contribution is 2.34. The number of furan rings is 1. The summed E-state index contributed by atoms with van der Waals surface area (Å²) in [4.78, 5) is 20.0. The molecule has 0 saturated carbocycles. The van der Waals surface area contributed by atoms with Gasteiger partial charge in [-0.15, -0.1) is 0 Å². The first kappa shape index (κ1) is 20.0. The number of fused-ring (bicyclic) bond motifs is 1. The second-order valence-electron chi connectivity index (χ2n) is 6.92. The maximum atomic E-state index is 13.6. The van der Waals surface area contributed by atoms with Crippen molar-refractivity contribution in [2.75, 3.05) is 19.1 Å². The van der Waals surface area contributed by atoms with Crippen LogP contribution in [0.2, 0.25) is 0 Å². The summed E-state index contributed by atoms with van der Waals surface area (Å²) in [5, 5.41) is 0.613. The molecule has 154 valence electrons. The molecule has 0 unspecified atom stereocenters. The summed E-state index contributed by atoms with van der Waals surface area (Å²) < 4.78 is 17.2. The number of benzene rings is 2. The van der Waals surface area contributed by atoms with Crippen LogP contribution in [-0.4, -0.2) is 25.1 Å². The second-order valence-corrected chi connectivity index (χ2v) is 7.93. The van der Waals surface area contributed by atoms with Crippen LogP contribution in [0.3, 0.4) is 0 Å². The van der Waals surface area contributed by atoms with Crippen molar-refractivity contribution in [2.24, 2.45) is 0 Å². The minimum absolute atomic E-state index is 0.211. The van der Waals surface area contributed by atoms with Crippen molar-refractivity contribution in [2.45, 2.75) is 20.4 Å². The molecule has 1 amide bonds. The lowest BCUT2D eigenvalue weighted by atomic mass is 10.1. The molecular weight excluding hydrogens is 400 g/mol. The number of hydrogen-bond acceptors (Lipinski definition) is 6. The summed E-state index contributed by atoms with van der Waals surface area (Å²) in [7, 11) is 3.12. The Kier molecular flexibility index (Phi) is 5.46. The monoisotopic (exact) mass is 422 g/mol. The molecule has 4 rings (SSSR count). The third kappa shape index (κ3) is 3.76. The van der Waals surface area contributed by atoms with Crippen molar-refractivity contribution >= 4 is 32.6 Å². The lowest BCUT2D eigenvalue weighted by Gasteiger charge is -2.19. The van der Waals surface area contributed by atoms with E-state index in [0.717, 1.165) is 15.8 Å². The zero-order valence-electron chi connectivity index (χ0n) is 17.3. The predicted molar refractivity (Wildman–Crippen MR) is 118 cm³/mol. The fraction of sp³-hybridized carbons (Fsp3) is 0.217. The third-order valence-corrected chi connectivity index (χ3v) is 6.09. The summed E-state index contributed by atoms with van der Waals surface area (Å²) in [6, 6.07) is 12.9. The van der Waals surface area contributed by atoms with Gasteiger partial charge in [-0.1, -0.05) is 17.4 Å². The van der Waals surface area contributed by atoms with Crippen molar-refractivity contribution < 1.29 is 18.7 Å². The number of aryl methyl sites for hydroxylation is 2. The average molecular weight is 423 g/mol. The Balaban J connectivity index is 1.81. The molecule has 0 bridgehead atoms. The smallest absolute Gasteiger partial charge is 0.260 e. The molecule has 30 heavy (non-hydrogen) atoms. The Morgan fingerprint density at radius 3 is 2.47 bits per heavy atom. The van der Waals surface area contributed by atoms with Crippen molar-refractivity contribution in [3.63, 3.8) is 0 Å². The summed E-state index contributed by atoms with van der Waals surface area (Å²) in [5.74, 6) is 1.56. The highest BCUT2D eigenvalue weighted by atomic mass is 32.1. The predicted octanol–water partition coefficient (Wildman–Crippen LogP) is 5.37. The topological polar surface area (TPSA) is 64.8 Å². The van der Waals surface area contributed by atoms with E-state index in [4.69, 9.17) is 18.9 Å². The molecule has 2 aromatic carbocycles. The lowest BCUT2D eigenvalue weighted by molar-refractivity contribution is 0.0982. The van der Waals surface area contributed by atoms with Crippen LogP contribution in [0.25, 0.3) is 10.2 Å². The molecular formula is C23H22N2O4S. The van der Waals surface area contributed by atoms with E-state index in [1.807, 2.05) is 19.1 Å². The summed E-state index contributed by atoms with van der Waals surface area (Å²) >= 11 is 1.48. The first-order valence-corrected chi connectivity index (χ1v) is 10.3. The van der Waals surface area contributed by atoms with Crippen LogP contribution in [0.1, 0.15) is 27.2 Å². The van der Waals surface area contributed by atoms with Crippen molar-refractivity contribution in [1.29, 1.82) is 0 Å². The fourth-order valence-corrected chi connectivity index (χ4v) is 4.22. The highest BCUT2D eigenvalue weighted by Gasteiger charge is 2.24. The SMILES string of the molecule is COc1cc(OC)cc(C(=O)N(Cc2ccco2)c2nc3c(C)c(C)ccc3s2)c1. The Hall–Kier alpha value is -3.32. The van der Waals surface area contributed by atoms with Gasteiger partial charge in [-0.05, 0) is 55.3 Å². The minimum Gasteiger partial charge on any atom is -0.497 e. The van der Waals surface area contributed by atoms with E-state index in [1.54, 1.807) is 49.6 Å². The number of carbonyl (C=O) groups is 1. The number of anilines is 1. The molecule has 0 spiro atoms. The fourth-order valence-electron chi connectivity index (χ4n) is 3.20. The van der Waals surface area contributed by atoms with E-state index in [0.29, 0.717) is 28.0 Å². The summed E-state index contributed by atoms with van der Waals surface area (Å²) in [6.07, 6.45) is 1.60. The van der Waals surface area contributed by atoms with Crippen LogP contribution in [0, 0.1) is 13.8 Å². The number of methoxy groups -OCH3 is 2. The summed E-state index contributed by atoms with van der Waals surface area (Å²) in [5.41, 5.74) is 3.64. The van der Waals surface area contributed by atoms with E-state index >= 15 is 0 Å². The number of amides is 1. The van der Waals surface area contributed by atoms with Gasteiger partial charge in [0.25, 0.3) is 5.91 Å². The number of ether oxygens (including phenoxy) is 2. The molecule has 0 saturated heterocycles. The standard InChI is InChI=1S/C23H22N2O4S/c1-14-7-8-20-21(15(14)2)24-23(30-20)25(13-17-6-5-9-29-17)22(26)16-10-18(27-3)12-19(11-16)28-4/h5-12H,13H2,1-4H3. The molecule has 0 aliphatic carbocycles. The molecule has 0 atom stereocenters. The van der Waals surface area contributed by atoms with Crippen molar-refractivity contribution in [1.82, 2.24) is 4.98 Å². The van der Waals surface area contributed by atoms with Crippen LogP contribution in [0.4, 0.5) is 5.13 Å². The Morgan fingerprint density at radius 1 is 1.10 bits per heavy atom. The van der Waals surface area contributed by atoms with Gasteiger partial charge in [-0.25, -0.2) is 4.98 Å². The Labute approximate surface area is 178 Å².